The maximum atomic E-state index is 11.9. The Labute approximate surface area is 118 Å². The summed E-state index contributed by atoms with van der Waals surface area (Å²) in [5.74, 6) is 0.272. The lowest BCUT2D eigenvalue weighted by molar-refractivity contribution is -0.122. The molecule has 1 amide bonds. The van der Waals surface area contributed by atoms with Gasteiger partial charge in [-0.05, 0) is 20.3 Å². The van der Waals surface area contributed by atoms with Crippen molar-refractivity contribution in [1.29, 1.82) is 0 Å². The highest BCUT2D eigenvalue weighted by molar-refractivity contribution is 5.82. The van der Waals surface area contributed by atoms with E-state index >= 15 is 0 Å². The number of hydrogen-bond acceptors (Lipinski definition) is 4. The van der Waals surface area contributed by atoms with Gasteiger partial charge in [-0.25, -0.2) is 4.98 Å². The van der Waals surface area contributed by atoms with Crippen molar-refractivity contribution >= 4 is 23.0 Å². The van der Waals surface area contributed by atoms with Gasteiger partial charge in [-0.3, -0.25) is 14.0 Å². The highest BCUT2D eigenvalue weighted by Gasteiger charge is 2.19. The van der Waals surface area contributed by atoms with Crippen LogP contribution < -0.4 is 11.1 Å². The molecule has 3 N–H and O–H groups in total. The minimum Gasteiger partial charge on any atom is -0.369 e. The lowest BCUT2D eigenvalue weighted by Gasteiger charge is -2.10. The molecule has 2 aromatic rings. The summed E-state index contributed by atoms with van der Waals surface area (Å²) in [5.41, 5.74) is 8.46. The summed E-state index contributed by atoms with van der Waals surface area (Å²) in [6, 6.07) is 0.102. The highest BCUT2D eigenvalue weighted by atomic mass is 16.2. The standard InChI is InChI=1S/C13H22N6O/c1-5-6-9-11-12(18(4)17-9)19(13(14)16-11)7-10(20)15-8(2)3/h8H,5-7H2,1-4H3,(H2,14,16)(H,15,20). The van der Waals surface area contributed by atoms with Crippen molar-refractivity contribution in [3.05, 3.63) is 5.69 Å². The summed E-state index contributed by atoms with van der Waals surface area (Å²) >= 11 is 0. The maximum absolute atomic E-state index is 11.9. The summed E-state index contributed by atoms with van der Waals surface area (Å²) in [6.45, 7) is 6.10. The van der Waals surface area contributed by atoms with E-state index in [4.69, 9.17) is 5.73 Å². The Morgan fingerprint density at radius 1 is 1.45 bits per heavy atom. The van der Waals surface area contributed by atoms with E-state index in [2.05, 4.69) is 22.3 Å². The van der Waals surface area contributed by atoms with E-state index in [9.17, 15) is 4.79 Å². The monoisotopic (exact) mass is 278 g/mol. The second-order valence-electron chi connectivity index (χ2n) is 5.27. The average Bonchev–Trinajstić information content (AvgIpc) is 2.79. The van der Waals surface area contributed by atoms with Crippen molar-refractivity contribution < 1.29 is 4.79 Å². The van der Waals surface area contributed by atoms with Gasteiger partial charge in [-0.2, -0.15) is 5.10 Å². The minimum atomic E-state index is -0.0794. The summed E-state index contributed by atoms with van der Waals surface area (Å²) < 4.78 is 3.45. The summed E-state index contributed by atoms with van der Waals surface area (Å²) in [7, 11) is 1.85. The normalized spacial score (nSPS) is 11.4. The van der Waals surface area contributed by atoms with Gasteiger partial charge in [0.05, 0.1) is 5.69 Å². The predicted molar refractivity (Wildman–Crippen MR) is 78.2 cm³/mol. The molecule has 0 spiro atoms. The van der Waals surface area contributed by atoms with Gasteiger partial charge in [-0.15, -0.1) is 0 Å². The molecule has 0 aliphatic rings. The van der Waals surface area contributed by atoms with Gasteiger partial charge in [0, 0.05) is 13.1 Å². The molecule has 0 aliphatic carbocycles. The third kappa shape index (κ3) is 2.61. The molecular weight excluding hydrogens is 256 g/mol. The Hall–Kier alpha value is -2.05. The minimum absolute atomic E-state index is 0.0794. The summed E-state index contributed by atoms with van der Waals surface area (Å²) in [5, 5.41) is 7.31. The largest absolute Gasteiger partial charge is 0.369 e. The number of aromatic nitrogens is 4. The molecule has 20 heavy (non-hydrogen) atoms. The first-order valence-corrected chi connectivity index (χ1v) is 6.91. The van der Waals surface area contributed by atoms with E-state index in [-0.39, 0.29) is 18.5 Å². The van der Waals surface area contributed by atoms with Crippen molar-refractivity contribution in [1.82, 2.24) is 24.6 Å². The highest BCUT2D eigenvalue weighted by Crippen LogP contribution is 2.21. The third-order valence-electron chi connectivity index (χ3n) is 3.06. The summed E-state index contributed by atoms with van der Waals surface area (Å²) in [6.07, 6.45) is 1.85. The fraction of sp³-hybridized carbons (Fsp3) is 0.615. The molecule has 0 unspecified atom stereocenters. The van der Waals surface area contributed by atoms with Crippen LogP contribution in [0.5, 0.6) is 0 Å². The number of fused-ring (bicyclic) bond motifs is 1. The SMILES string of the molecule is CCCc1nn(C)c2c1nc(N)n2CC(=O)NC(C)C. The Balaban J connectivity index is 2.38. The number of amides is 1. The van der Waals surface area contributed by atoms with Gasteiger partial charge in [0.2, 0.25) is 11.9 Å². The van der Waals surface area contributed by atoms with Crippen molar-refractivity contribution in [3.8, 4) is 0 Å². The van der Waals surface area contributed by atoms with Crippen molar-refractivity contribution in [2.45, 2.75) is 46.2 Å². The molecule has 2 heterocycles. The first-order chi connectivity index (χ1) is 9.43. The molecular formula is C13H22N6O. The molecule has 2 aromatic heterocycles. The molecule has 7 heteroatoms. The van der Waals surface area contributed by atoms with Gasteiger partial charge in [0.25, 0.3) is 0 Å². The first kappa shape index (κ1) is 14.4. The fourth-order valence-corrected chi connectivity index (χ4v) is 2.33. The Morgan fingerprint density at radius 3 is 2.75 bits per heavy atom. The number of carbonyl (C=O) groups excluding carboxylic acids is 1. The van der Waals surface area contributed by atoms with Crippen LogP contribution in [0.1, 0.15) is 32.9 Å². The van der Waals surface area contributed by atoms with Crippen molar-refractivity contribution in [2.24, 2.45) is 7.05 Å². The topological polar surface area (TPSA) is 90.8 Å². The second kappa shape index (κ2) is 5.52. The molecule has 7 nitrogen and oxygen atoms in total. The average molecular weight is 278 g/mol. The molecule has 0 bridgehead atoms. The zero-order valence-corrected chi connectivity index (χ0v) is 12.5. The number of anilines is 1. The lowest BCUT2D eigenvalue weighted by atomic mass is 10.2. The van der Waals surface area contributed by atoms with Crippen LogP contribution >= 0.6 is 0 Å². The molecule has 0 atom stereocenters. The number of nitrogens with zero attached hydrogens (tertiary/aromatic N) is 4. The lowest BCUT2D eigenvalue weighted by Crippen LogP contribution is -2.33. The fourth-order valence-electron chi connectivity index (χ4n) is 2.33. The predicted octanol–water partition coefficient (Wildman–Crippen LogP) is 0.829. The number of carbonyl (C=O) groups is 1. The molecule has 0 saturated carbocycles. The molecule has 0 aromatic carbocycles. The van der Waals surface area contributed by atoms with Crippen LogP contribution in [0.3, 0.4) is 0 Å². The third-order valence-corrected chi connectivity index (χ3v) is 3.06. The smallest absolute Gasteiger partial charge is 0.240 e. The number of imidazole rings is 1. The van der Waals surface area contributed by atoms with Crippen molar-refractivity contribution in [2.75, 3.05) is 5.73 Å². The van der Waals surface area contributed by atoms with Gasteiger partial charge in [-0.1, -0.05) is 13.3 Å². The Bertz CT molecular complexity index is 624. The van der Waals surface area contributed by atoms with Crippen molar-refractivity contribution in [3.63, 3.8) is 0 Å². The molecule has 2 rings (SSSR count). The molecule has 0 saturated heterocycles. The van der Waals surface area contributed by atoms with Crippen LogP contribution in [-0.4, -0.2) is 31.3 Å². The second-order valence-corrected chi connectivity index (χ2v) is 5.27. The molecule has 0 radical (unpaired) electrons. The van der Waals surface area contributed by atoms with Crippen LogP contribution in [0.2, 0.25) is 0 Å². The molecule has 0 fully saturated rings. The maximum Gasteiger partial charge on any atom is 0.240 e. The van der Waals surface area contributed by atoms with E-state index in [0.717, 1.165) is 29.7 Å². The Morgan fingerprint density at radius 2 is 2.15 bits per heavy atom. The van der Waals surface area contributed by atoms with E-state index in [1.165, 1.54) is 0 Å². The van der Waals surface area contributed by atoms with E-state index in [1.54, 1.807) is 9.25 Å². The van der Waals surface area contributed by atoms with E-state index < -0.39 is 0 Å². The first-order valence-electron chi connectivity index (χ1n) is 6.91. The number of rotatable bonds is 5. The van der Waals surface area contributed by atoms with Crippen LogP contribution in [0, 0.1) is 0 Å². The van der Waals surface area contributed by atoms with E-state index in [0.29, 0.717) is 5.95 Å². The zero-order valence-electron chi connectivity index (χ0n) is 12.5. The number of aryl methyl sites for hydroxylation is 2. The van der Waals surface area contributed by atoms with Crippen LogP contribution in [0.4, 0.5) is 5.95 Å². The zero-order chi connectivity index (χ0) is 14.9. The van der Waals surface area contributed by atoms with Gasteiger partial charge in [0.15, 0.2) is 5.65 Å². The number of hydrogen-bond donors (Lipinski definition) is 2. The van der Waals surface area contributed by atoms with Crippen LogP contribution in [0.25, 0.3) is 11.2 Å². The van der Waals surface area contributed by atoms with Gasteiger partial charge >= 0.3 is 0 Å². The van der Waals surface area contributed by atoms with Crippen LogP contribution in [-0.2, 0) is 24.8 Å². The number of nitrogens with one attached hydrogen (secondary N) is 1. The Kier molecular flexibility index (Phi) is 3.96. The summed E-state index contributed by atoms with van der Waals surface area (Å²) in [4.78, 5) is 16.3. The molecule has 0 aliphatic heterocycles. The number of nitrogens with two attached hydrogens (primary N) is 1. The molecule has 110 valence electrons. The van der Waals surface area contributed by atoms with Gasteiger partial charge < -0.3 is 11.1 Å². The number of nitrogen functional groups attached to an aromatic ring is 1. The van der Waals surface area contributed by atoms with Gasteiger partial charge in [0.1, 0.15) is 12.1 Å². The van der Waals surface area contributed by atoms with E-state index in [1.807, 2.05) is 20.9 Å². The quantitative estimate of drug-likeness (QED) is 0.847. The van der Waals surface area contributed by atoms with Crippen LogP contribution in [0.15, 0.2) is 0 Å².